The standard InChI is InChI=1S/C17H16BrCl2N/c1-10(12-6-5-11-3-2-4-13(11)9-12)21-15-8-7-14(18)16(19)17(15)20/h5-10,21H,2-4H2,1H3. The Balaban J connectivity index is 1.83. The van der Waals surface area contributed by atoms with E-state index >= 15 is 0 Å². The van der Waals surface area contributed by atoms with Crippen molar-refractivity contribution in [2.45, 2.75) is 32.2 Å². The van der Waals surface area contributed by atoms with Gasteiger partial charge < -0.3 is 5.32 Å². The van der Waals surface area contributed by atoms with Crippen molar-refractivity contribution in [2.75, 3.05) is 5.32 Å². The van der Waals surface area contributed by atoms with Crippen molar-refractivity contribution in [3.05, 3.63) is 61.5 Å². The Hall–Kier alpha value is -0.700. The van der Waals surface area contributed by atoms with Crippen LogP contribution >= 0.6 is 39.1 Å². The molecule has 21 heavy (non-hydrogen) atoms. The van der Waals surface area contributed by atoms with Crippen LogP contribution in [-0.4, -0.2) is 0 Å². The largest absolute Gasteiger partial charge is 0.377 e. The van der Waals surface area contributed by atoms with Crippen molar-refractivity contribution < 1.29 is 0 Å². The van der Waals surface area contributed by atoms with Gasteiger partial charge in [-0.25, -0.2) is 0 Å². The Labute approximate surface area is 143 Å². The molecule has 0 spiro atoms. The number of rotatable bonds is 3. The van der Waals surface area contributed by atoms with Gasteiger partial charge in [-0.1, -0.05) is 41.4 Å². The summed E-state index contributed by atoms with van der Waals surface area (Å²) in [6.07, 6.45) is 3.68. The summed E-state index contributed by atoms with van der Waals surface area (Å²) < 4.78 is 0.810. The van der Waals surface area contributed by atoms with E-state index < -0.39 is 0 Å². The molecule has 2 aromatic carbocycles. The molecule has 110 valence electrons. The highest BCUT2D eigenvalue weighted by Gasteiger charge is 2.15. The number of hydrogen-bond acceptors (Lipinski definition) is 1. The second-order valence-electron chi connectivity index (χ2n) is 5.47. The number of anilines is 1. The first-order chi connectivity index (χ1) is 10.1. The Kier molecular flexibility index (Phi) is 4.49. The third kappa shape index (κ3) is 3.08. The topological polar surface area (TPSA) is 12.0 Å². The van der Waals surface area contributed by atoms with Gasteiger partial charge >= 0.3 is 0 Å². The quantitative estimate of drug-likeness (QED) is 0.602. The first kappa shape index (κ1) is 15.2. The Bertz CT molecular complexity index is 685. The Morgan fingerprint density at radius 1 is 1.05 bits per heavy atom. The molecule has 1 nitrogen and oxygen atoms in total. The van der Waals surface area contributed by atoms with Gasteiger partial charge in [0.25, 0.3) is 0 Å². The lowest BCUT2D eigenvalue weighted by Crippen LogP contribution is -2.07. The van der Waals surface area contributed by atoms with E-state index in [9.17, 15) is 0 Å². The molecule has 1 N–H and O–H groups in total. The number of benzene rings is 2. The summed E-state index contributed by atoms with van der Waals surface area (Å²) in [4.78, 5) is 0. The van der Waals surface area contributed by atoms with E-state index in [-0.39, 0.29) is 6.04 Å². The molecule has 1 aliphatic rings. The SMILES string of the molecule is CC(Nc1ccc(Br)c(Cl)c1Cl)c1ccc2c(c1)CCC2. The van der Waals surface area contributed by atoms with Crippen LogP contribution in [0.4, 0.5) is 5.69 Å². The van der Waals surface area contributed by atoms with Crippen molar-refractivity contribution in [1.29, 1.82) is 0 Å². The van der Waals surface area contributed by atoms with Gasteiger partial charge in [0.15, 0.2) is 0 Å². The summed E-state index contributed by atoms with van der Waals surface area (Å²) in [6, 6.07) is 10.8. The molecule has 0 bridgehead atoms. The molecule has 0 radical (unpaired) electrons. The van der Waals surface area contributed by atoms with Gasteiger partial charge in [-0.05, 0) is 70.9 Å². The Morgan fingerprint density at radius 3 is 2.62 bits per heavy atom. The maximum absolute atomic E-state index is 6.30. The molecule has 1 atom stereocenters. The normalized spacial score (nSPS) is 14.9. The zero-order valence-electron chi connectivity index (χ0n) is 11.7. The van der Waals surface area contributed by atoms with Gasteiger partial charge in [-0.15, -0.1) is 0 Å². The number of nitrogens with one attached hydrogen (secondary N) is 1. The molecule has 0 saturated carbocycles. The molecule has 0 amide bonds. The first-order valence-corrected chi connectivity index (χ1v) is 8.63. The molecule has 0 heterocycles. The van der Waals surface area contributed by atoms with Crippen molar-refractivity contribution in [1.82, 2.24) is 0 Å². The predicted molar refractivity (Wildman–Crippen MR) is 94.7 cm³/mol. The number of hydrogen-bond donors (Lipinski definition) is 1. The van der Waals surface area contributed by atoms with E-state index in [0.29, 0.717) is 10.0 Å². The average molecular weight is 385 g/mol. The maximum Gasteiger partial charge on any atom is 0.0835 e. The average Bonchev–Trinajstić information content (AvgIpc) is 2.95. The summed E-state index contributed by atoms with van der Waals surface area (Å²) in [5, 5.41) is 4.55. The zero-order chi connectivity index (χ0) is 15.0. The fourth-order valence-electron chi connectivity index (χ4n) is 2.82. The van der Waals surface area contributed by atoms with Crippen molar-refractivity contribution in [3.8, 4) is 0 Å². The predicted octanol–water partition coefficient (Wildman–Crippen LogP) is 6.42. The molecule has 3 rings (SSSR count). The highest BCUT2D eigenvalue weighted by atomic mass is 79.9. The first-order valence-electron chi connectivity index (χ1n) is 7.08. The zero-order valence-corrected chi connectivity index (χ0v) is 14.8. The fourth-order valence-corrected chi connectivity index (χ4v) is 3.64. The summed E-state index contributed by atoms with van der Waals surface area (Å²) >= 11 is 15.9. The summed E-state index contributed by atoms with van der Waals surface area (Å²) in [5.41, 5.74) is 5.13. The second kappa shape index (κ2) is 6.20. The molecular formula is C17H16BrCl2N. The number of halogens is 3. The molecule has 4 heteroatoms. The minimum Gasteiger partial charge on any atom is -0.377 e. The molecule has 0 aromatic heterocycles. The lowest BCUT2D eigenvalue weighted by Gasteiger charge is -2.18. The minimum absolute atomic E-state index is 0.186. The van der Waals surface area contributed by atoms with Gasteiger partial charge in [-0.2, -0.15) is 0 Å². The van der Waals surface area contributed by atoms with Crippen molar-refractivity contribution in [3.63, 3.8) is 0 Å². The molecule has 0 saturated heterocycles. The van der Waals surface area contributed by atoms with Crippen LogP contribution in [0.1, 0.15) is 36.1 Å². The van der Waals surface area contributed by atoms with Gasteiger partial charge in [0.05, 0.1) is 15.7 Å². The molecular weight excluding hydrogens is 369 g/mol. The van der Waals surface area contributed by atoms with Crippen LogP contribution in [0, 0.1) is 0 Å². The van der Waals surface area contributed by atoms with Crippen LogP contribution in [-0.2, 0) is 12.8 Å². The fraction of sp³-hybridized carbons (Fsp3) is 0.294. The lowest BCUT2D eigenvalue weighted by atomic mass is 10.0. The highest BCUT2D eigenvalue weighted by molar-refractivity contribution is 9.10. The van der Waals surface area contributed by atoms with Crippen LogP contribution in [0.5, 0.6) is 0 Å². The smallest absolute Gasteiger partial charge is 0.0835 e. The van der Waals surface area contributed by atoms with Crippen LogP contribution in [0.2, 0.25) is 10.0 Å². The van der Waals surface area contributed by atoms with Crippen LogP contribution < -0.4 is 5.32 Å². The molecule has 0 aliphatic heterocycles. The molecule has 1 aliphatic carbocycles. The van der Waals surface area contributed by atoms with E-state index in [2.05, 4.69) is 46.4 Å². The molecule has 0 fully saturated rings. The van der Waals surface area contributed by atoms with Crippen LogP contribution in [0.15, 0.2) is 34.8 Å². The van der Waals surface area contributed by atoms with E-state index in [1.807, 2.05) is 12.1 Å². The number of aryl methyl sites for hydroxylation is 2. The van der Waals surface area contributed by atoms with E-state index in [1.54, 1.807) is 0 Å². The van der Waals surface area contributed by atoms with Gasteiger partial charge in [0.2, 0.25) is 0 Å². The summed E-state index contributed by atoms with van der Waals surface area (Å²) in [5.74, 6) is 0. The van der Waals surface area contributed by atoms with Crippen molar-refractivity contribution in [2.24, 2.45) is 0 Å². The van der Waals surface area contributed by atoms with Gasteiger partial charge in [0, 0.05) is 10.5 Å². The van der Waals surface area contributed by atoms with Gasteiger partial charge in [-0.3, -0.25) is 0 Å². The van der Waals surface area contributed by atoms with Crippen LogP contribution in [0.25, 0.3) is 0 Å². The van der Waals surface area contributed by atoms with Crippen molar-refractivity contribution >= 4 is 44.8 Å². The second-order valence-corrected chi connectivity index (χ2v) is 7.08. The summed E-state index contributed by atoms with van der Waals surface area (Å²) in [6.45, 7) is 2.14. The third-order valence-electron chi connectivity index (χ3n) is 4.03. The maximum atomic E-state index is 6.30. The van der Waals surface area contributed by atoms with E-state index in [0.717, 1.165) is 10.2 Å². The van der Waals surface area contributed by atoms with E-state index in [1.165, 1.54) is 36.0 Å². The third-order valence-corrected chi connectivity index (χ3v) is 5.80. The monoisotopic (exact) mass is 383 g/mol. The van der Waals surface area contributed by atoms with Gasteiger partial charge in [0.1, 0.15) is 0 Å². The van der Waals surface area contributed by atoms with Crippen LogP contribution in [0.3, 0.4) is 0 Å². The summed E-state index contributed by atoms with van der Waals surface area (Å²) in [7, 11) is 0. The Morgan fingerprint density at radius 2 is 1.81 bits per heavy atom. The minimum atomic E-state index is 0.186. The molecule has 1 unspecified atom stereocenters. The highest BCUT2D eigenvalue weighted by Crippen LogP contribution is 2.37. The molecule has 2 aromatic rings. The number of fused-ring (bicyclic) bond motifs is 1. The lowest BCUT2D eigenvalue weighted by molar-refractivity contribution is 0.879. The van der Waals surface area contributed by atoms with E-state index in [4.69, 9.17) is 23.2 Å².